The number of amidine groups is 1. The monoisotopic (exact) mass is 508 g/mol. The largest absolute Gasteiger partial charge is 0.494 e. The Kier molecular flexibility index (Phi) is 8.34. The van der Waals surface area contributed by atoms with Gasteiger partial charge in [0, 0.05) is 0 Å². The summed E-state index contributed by atoms with van der Waals surface area (Å²) >= 11 is 7.82. The van der Waals surface area contributed by atoms with Gasteiger partial charge in [-0.05, 0) is 79.2 Å². The highest BCUT2D eigenvalue weighted by Gasteiger charge is 2.24. The number of nitrogens with one attached hydrogen (secondary N) is 1. The topological polar surface area (TPSA) is 69.2 Å². The fourth-order valence-electron chi connectivity index (χ4n) is 3.34. The molecule has 180 valence electrons. The van der Waals surface area contributed by atoms with Gasteiger partial charge in [-0.1, -0.05) is 41.9 Å². The predicted octanol–water partition coefficient (Wildman–Crippen LogP) is 6.61. The molecule has 1 saturated heterocycles. The Bertz CT molecular complexity index is 1240. The molecule has 1 amide bonds. The minimum atomic E-state index is -0.224. The summed E-state index contributed by atoms with van der Waals surface area (Å²) in [6, 6.07) is 20.8. The van der Waals surface area contributed by atoms with E-state index < -0.39 is 0 Å². The molecule has 0 unspecified atom stereocenters. The lowest BCUT2D eigenvalue weighted by atomic mass is 10.1. The SMILES string of the molecule is CCOc1ccc(N=C2NC(=O)/C(=C\c3cc(Cl)c(OCc4ccccc4)c(OCC)c3)S2)cc1. The molecule has 1 aliphatic rings. The minimum absolute atomic E-state index is 0.224. The maximum Gasteiger partial charge on any atom is 0.264 e. The molecule has 1 heterocycles. The highest BCUT2D eigenvalue weighted by atomic mass is 35.5. The third kappa shape index (κ3) is 6.59. The summed E-state index contributed by atoms with van der Waals surface area (Å²) < 4.78 is 17.2. The number of aliphatic imine (C=N–C) groups is 1. The van der Waals surface area contributed by atoms with Gasteiger partial charge in [0.1, 0.15) is 12.4 Å². The summed E-state index contributed by atoms with van der Waals surface area (Å²) in [4.78, 5) is 17.6. The first-order valence-electron chi connectivity index (χ1n) is 11.2. The molecular weight excluding hydrogens is 484 g/mol. The van der Waals surface area contributed by atoms with E-state index in [1.165, 1.54) is 11.8 Å². The van der Waals surface area contributed by atoms with Crippen LogP contribution in [-0.2, 0) is 11.4 Å². The van der Waals surface area contributed by atoms with Gasteiger partial charge in [-0.3, -0.25) is 4.79 Å². The third-order valence-corrected chi connectivity index (χ3v) is 6.08. The van der Waals surface area contributed by atoms with Crippen LogP contribution in [0.3, 0.4) is 0 Å². The fraction of sp³-hybridized carbons (Fsp3) is 0.185. The molecule has 3 aromatic carbocycles. The molecule has 0 spiro atoms. The van der Waals surface area contributed by atoms with Gasteiger partial charge in [0.15, 0.2) is 16.7 Å². The van der Waals surface area contributed by atoms with Gasteiger partial charge in [-0.2, -0.15) is 0 Å². The minimum Gasteiger partial charge on any atom is -0.494 e. The number of carbonyl (C=O) groups excluding carboxylic acids is 1. The van der Waals surface area contributed by atoms with Crippen molar-refractivity contribution in [1.82, 2.24) is 5.32 Å². The number of nitrogens with zero attached hydrogens (tertiary/aromatic N) is 1. The van der Waals surface area contributed by atoms with Crippen LogP contribution in [0.4, 0.5) is 5.69 Å². The molecule has 0 radical (unpaired) electrons. The van der Waals surface area contributed by atoms with Crippen molar-refractivity contribution in [2.24, 2.45) is 4.99 Å². The molecule has 4 rings (SSSR count). The Morgan fingerprint density at radius 3 is 2.43 bits per heavy atom. The molecule has 0 saturated carbocycles. The predicted molar refractivity (Wildman–Crippen MR) is 142 cm³/mol. The average Bonchev–Trinajstić information content (AvgIpc) is 3.19. The molecule has 6 nitrogen and oxygen atoms in total. The van der Waals surface area contributed by atoms with Crippen molar-refractivity contribution in [2.45, 2.75) is 20.5 Å². The number of hydrogen-bond acceptors (Lipinski definition) is 6. The maximum atomic E-state index is 12.6. The summed E-state index contributed by atoms with van der Waals surface area (Å²) in [6.45, 7) is 5.24. The molecule has 0 aliphatic carbocycles. The Balaban J connectivity index is 1.52. The lowest BCUT2D eigenvalue weighted by Gasteiger charge is -2.14. The molecule has 35 heavy (non-hydrogen) atoms. The number of rotatable bonds is 9. The fourth-order valence-corrected chi connectivity index (χ4v) is 4.45. The van der Waals surface area contributed by atoms with Gasteiger partial charge < -0.3 is 19.5 Å². The van der Waals surface area contributed by atoms with E-state index in [2.05, 4.69) is 10.3 Å². The van der Waals surface area contributed by atoms with Crippen LogP contribution in [0.5, 0.6) is 17.2 Å². The van der Waals surface area contributed by atoms with Crippen LogP contribution in [-0.4, -0.2) is 24.3 Å². The van der Waals surface area contributed by atoms with E-state index in [0.29, 0.717) is 46.4 Å². The van der Waals surface area contributed by atoms with Crippen LogP contribution in [0.2, 0.25) is 5.02 Å². The number of ether oxygens (including phenoxy) is 3. The molecule has 8 heteroatoms. The van der Waals surface area contributed by atoms with Crippen molar-refractivity contribution in [3.8, 4) is 17.2 Å². The van der Waals surface area contributed by atoms with Gasteiger partial charge in [0.2, 0.25) is 0 Å². The molecule has 0 aromatic heterocycles. The lowest BCUT2D eigenvalue weighted by Crippen LogP contribution is -2.19. The number of halogens is 1. The molecule has 3 aromatic rings. The number of benzene rings is 3. The molecule has 1 aliphatic heterocycles. The highest BCUT2D eigenvalue weighted by Crippen LogP contribution is 2.39. The molecule has 0 atom stereocenters. The van der Waals surface area contributed by atoms with Crippen LogP contribution in [0.15, 0.2) is 76.6 Å². The number of amides is 1. The van der Waals surface area contributed by atoms with Crippen molar-refractivity contribution in [2.75, 3.05) is 13.2 Å². The summed E-state index contributed by atoms with van der Waals surface area (Å²) in [6.07, 6.45) is 1.76. The first-order chi connectivity index (χ1) is 17.1. The van der Waals surface area contributed by atoms with Gasteiger partial charge in [-0.15, -0.1) is 0 Å². The zero-order valence-corrected chi connectivity index (χ0v) is 21.0. The Hall–Kier alpha value is -3.42. The standard InChI is InChI=1S/C27H25ClN2O4S/c1-3-32-21-12-10-20(11-13-21)29-27-30-26(31)24(35-27)16-19-14-22(28)25(23(15-19)33-4-2)34-17-18-8-6-5-7-9-18/h5-16H,3-4,17H2,1-2H3,(H,29,30,31)/b24-16+. The lowest BCUT2D eigenvalue weighted by molar-refractivity contribution is -0.115. The van der Waals surface area contributed by atoms with Crippen LogP contribution < -0.4 is 19.5 Å². The van der Waals surface area contributed by atoms with E-state index in [0.717, 1.165) is 22.6 Å². The summed E-state index contributed by atoms with van der Waals surface area (Å²) in [5.41, 5.74) is 2.47. The van der Waals surface area contributed by atoms with Crippen molar-refractivity contribution in [1.29, 1.82) is 0 Å². The smallest absolute Gasteiger partial charge is 0.264 e. The Labute approximate surface area is 214 Å². The molecular formula is C27H25ClN2O4S. The molecule has 0 bridgehead atoms. The van der Waals surface area contributed by atoms with Crippen LogP contribution in [0, 0.1) is 0 Å². The van der Waals surface area contributed by atoms with E-state index in [1.807, 2.05) is 74.5 Å². The van der Waals surface area contributed by atoms with E-state index in [9.17, 15) is 4.79 Å². The zero-order valence-electron chi connectivity index (χ0n) is 19.4. The van der Waals surface area contributed by atoms with Gasteiger partial charge in [0.25, 0.3) is 5.91 Å². The number of thioether (sulfide) groups is 1. The third-order valence-electron chi connectivity index (χ3n) is 4.88. The van der Waals surface area contributed by atoms with Crippen molar-refractivity contribution < 1.29 is 19.0 Å². The first kappa shape index (κ1) is 24.7. The second kappa shape index (κ2) is 11.8. The molecule has 1 fully saturated rings. The average molecular weight is 509 g/mol. The summed E-state index contributed by atoms with van der Waals surface area (Å²) in [5, 5.41) is 3.71. The van der Waals surface area contributed by atoms with Crippen molar-refractivity contribution in [3.63, 3.8) is 0 Å². The van der Waals surface area contributed by atoms with E-state index >= 15 is 0 Å². The number of hydrogen-bond donors (Lipinski definition) is 1. The normalized spacial score (nSPS) is 15.3. The van der Waals surface area contributed by atoms with Gasteiger partial charge >= 0.3 is 0 Å². The maximum absolute atomic E-state index is 12.6. The van der Waals surface area contributed by atoms with E-state index in [1.54, 1.807) is 12.1 Å². The Morgan fingerprint density at radius 1 is 0.971 bits per heavy atom. The molecule has 1 N–H and O–H groups in total. The van der Waals surface area contributed by atoms with Crippen LogP contribution in [0.25, 0.3) is 6.08 Å². The van der Waals surface area contributed by atoms with Crippen LogP contribution in [0.1, 0.15) is 25.0 Å². The zero-order chi connectivity index (χ0) is 24.6. The second-order valence-corrected chi connectivity index (χ2v) is 8.88. The summed E-state index contributed by atoms with van der Waals surface area (Å²) in [7, 11) is 0. The second-order valence-electron chi connectivity index (χ2n) is 7.45. The number of carbonyl (C=O) groups is 1. The first-order valence-corrected chi connectivity index (χ1v) is 12.4. The van der Waals surface area contributed by atoms with Gasteiger partial charge in [0.05, 0.1) is 28.8 Å². The van der Waals surface area contributed by atoms with Crippen LogP contribution >= 0.6 is 23.4 Å². The van der Waals surface area contributed by atoms with E-state index in [-0.39, 0.29) is 5.91 Å². The van der Waals surface area contributed by atoms with Gasteiger partial charge in [-0.25, -0.2) is 4.99 Å². The van der Waals surface area contributed by atoms with Crippen molar-refractivity contribution in [3.05, 3.63) is 87.8 Å². The summed E-state index contributed by atoms with van der Waals surface area (Å²) in [5.74, 6) is 1.55. The quantitative estimate of drug-likeness (QED) is 0.329. The highest BCUT2D eigenvalue weighted by molar-refractivity contribution is 8.18. The van der Waals surface area contributed by atoms with Crippen molar-refractivity contribution >= 4 is 46.2 Å². The Morgan fingerprint density at radius 2 is 1.71 bits per heavy atom. The van der Waals surface area contributed by atoms with E-state index in [4.69, 9.17) is 25.8 Å².